The van der Waals surface area contributed by atoms with Crippen LogP contribution in [0.4, 0.5) is 4.79 Å². The van der Waals surface area contributed by atoms with Gasteiger partial charge in [-0.25, -0.2) is 9.59 Å². The molecule has 194 valence electrons. The maximum absolute atomic E-state index is 13.2. The number of methoxy groups -OCH3 is 1. The Morgan fingerprint density at radius 3 is 1.92 bits per heavy atom. The van der Waals surface area contributed by atoms with Crippen LogP contribution in [0.25, 0.3) is 11.1 Å². The van der Waals surface area contributed by atoms with E-state index in [2.05, 4.69) is 10.6 Å². The number of alkyl carbamates (subject to hydrolysis) is 1. The fourth-order valence-corrected chi connectivity index (χ4v) is 3.92. The minimum atomic E-state index is -0.906. The Labute approximate surface area is 218 Å². The minimum Gasteiger partial charge on any atom is -0.467 e. The van der Waals surface area contributed by atoms with Crippen molar-refractivity contribution in [2.45, 2.75) is 45.4 Å². The van der Waals surface area contributed by atoms with Crippen LogP contribution >= 0.6 is 0 Å². The number of hydrogen-bond acceptors (Lipinski definition) is 5. The van der Waals surface area contributed by atoms with Crippen molar-refractivity contribution in [3.8, 4) is 11.1 Å². The molecule has 7 heteroatoms. The van der Waals surface area contributed by atoms with E-state index in [4.69, 9.17) is 9.47 Å². The van der Waals surface area contributed by atoms with E-state index in [0.717, 1.165) is 22.3 Å². The van der Waals surface area contributed by atoms with E-state index < -0.39 is 30.1 Å². The van der Waals surface area contributed by atoms with Gasteiger partial charge < -0.3 is 20.1 Å². The standard InChI is InChI=1S/C30H34N2O5/c1-21(2)18-26(32-30(35)37-20-23-10-6-4-7-11-23)28(33)31-27(29(34)36-3)19-22-14-16-25(17-15-22)24-12-8-5-9-13-24/h4-17,21,26-27H,18-20H2,1-3H3,(H,31,33)(H,32,35)/t26-,27+/m0/s1. The number of amides is 2. The molecule has 0 aliphatic heterocycles. The van der Waals surface area contributed by atoms with Gasteiger partial charge in [0.25, 0.3) is 0 Å². The Kier molecular flexibility index (Phi) is 10.3. The van der Waals surface area contributed by atoms with E-state index in [1.165, 1.54) is 7.11 Å². The topological polar surface area (TPSA) is 93.7 Å². The van der Waals surface area contributed by atoms with Crippen LogP contribution in [0.3, 0.4) is 0 Å². The molecular formula is C30H34N2O5. The average molecular weight is 503 g/mol. The lowest BCUT2D eigenvalue weighted by Gasteiger charge is -2.23. The number of nitrogens with one attached hydrogen (secondary N) is 2. The van der Waals surface area contributed by atoms with Crippen LogP contribution in [0, 0.1) is 5.92 Å². The van der Waals surface area contributed by atoms with Crippen LogP contribution in [0.15, 0.2) is 84.9 Å². The molecule has 3 rings (SSSR count). The molecule has 0 spiro atoms. The molecule has 2 amide bonds. The third kappa shape index (κ3) is 8.79. The lowest BCUT2D eigenvalue weighted by atomic mass is 9.99. The van der Waals surface area contributed by atoms with Gasteiger partial charge in [0.2, 0.25) is 5.91 Å². The third-order valence-electron chi connectivity index (χ3n) is 5.83. The van der Waals surface area contributed by atoms with Crippen molar-refractivity contribution >= 4 is 18.0 Å². The highest BCUT2D eigenvalue weighted by molar-refractivity contribution is 5.89. The number of ether oxygens (including phenoxy) is 2. The van der Waals surface area contributed by atoms with Gasteiger partial charge in [0.1, 0.15) is 18.7 Å². The molecular weight excluding hydrogens is 468 g/mol. The summed E-state index contributed by atoms with van der Waals surface area (Å²) >= 11 is 0. The molecule has 0 aliphatic carbocycles. The molecule has 0 radical (unpaired) electrons. The van der Waals surface area contributed by atoms with Crippen LogP contribution in [0.5, 0.6) is 0 Å². The zero-order chi connectivity index (χ0) is 26.6. The zero-order valence-electron chi connectivity index (χ0n) is 21.5. The Morgan fingerprint density at radius 1 is 0.730 bits per heavy atom. The summed E-state index contributed by atoms with van der Waals surface area (Å²) < 4.78 is 10.2. The first-order valence-corrected chi connectivity index (χ1v) is 12.4. The van der Waals surface area contributed by atoms with Gasteiger partial charge in [-0.2, -0.15) is 0 Å². The van der Waals surface area contributed by atoms with Gasteiger partial charge in [0.15, 0.2) is 0 Å². The van der Waals surface area contributed by atoms with E-state index >= 15 is 0 Å². The summed E-state index contributed by atoms with van der Waals surface area (Å²) in [4.78, 5) is 38.1. The van der Waals surface area contributed by atoms with Crippen molar-refractivity contribution in [2.75, 3.05) is 7.11 Å². The summed E-state index contributed by atoms with van der Waals surface area (Å²) in [5.74, 6) is -0.913. The number of rotatable bonds is 11. The van der Waals surface area contributed by atoms with Crippen molar-refractivity contribution in [1.82, 2.24) is 10.6 Å². The fraction of sp³-hybridized carbons (Fsp3) is 0.300. The zero-order valence-corrected chi connectivity index (χ0v) is 21.5. The highest BCUT2D eigenvalue weighted by Gasteiger charge is 2.28. The summed E-state index contributed by atoms with van der Waals surface area (Å²) in [6, 6.07) is 25.3. The second-order valence-electron chi connectivity index (χ2n) is 9.24. The number of carbonyl (C=O) groups is 3. The molecule has 2 N–H and O–H groups in total. The Bertz CT molecular complexity index is 1150. The van der Waals surface area contributed by atoms with Crippen LogP contribution in [-0.4, -0.2) is 37.2 Å². The van der Waals surface area contributed by atoms with Gasteiger partial charge in [0, 0.05) is 6.42 Å². The van der Waals surface area contributed by atoms with Gasteiger partial charge in [-0.05, 0) is 34.6 Å². The van der Waals surface area contributed by atoms with Crippen LogP contribution in [0.1, 0.15) is 31.4 Å². The van der Waals surface area contributed by atoms with Gasteiger partial charge in [0.05, 0.1) is 7.11 Å². The Balaban J connectivity index is 1.65. The van der Waals surface area contributed by atoms with Crippen molar-refractivity contribution in [3.63, 3.8) is 0 Å². The molecule has 0 saturated heterocycles. The van der Waals surface area contributed by atoms with Crippen LogP contribution in [0.2, 0.25) is 0 Å². The maximum Gasteiger partial charge on any atom is 0.408 e. The average Bonchev–Trinajstić information content (AvgIpc) is 2.92. The number of benzene rings is 3. The van der Waals surface area contributed by atoms with Gasteiger partial charge in [-0.3, -0.25) is 4.79 Å². The van der Waals surface area contributed by atoms with E-state index in [1.807, 2.05) is 98.8 Å². The fourth-order valence-electron chi connectivity index (χ4n) is 3.92. The first-order chi connectivity index (χ1) is 17.9. The van der Waals surface area contributed by atoms with Crippen molar-refractivity contribution in [1.29, 1.82) is 0 Å². The molecule has 7 nitrogen and oxygen atoms in total. The van der Waals surface area contributed by atoms with E-state index in [1.54, 1.807) is 0 Å². The molecule has 0 aromatic heterocycles. The van der Waals surface area contributed by atoms with E-state index in [0.29, 0.717) is 6.42 Å². The predicted octanol–water partition coefficient (Wildman–Crippen LogP) is 4.90. The molecule has 0 aliphatic rings. The van der Waals surface area contributed by atoms with Gasteiger partial charge >= 0.3 is 12.1 Å². The van der Waals surface area contributed by atoms with E-state index in [-0.39, 0.29) is 18.9 Å². The summed E-state index contributed by atoms with van der Waals surface area (Å²) in [5, 5.41) is 5.41. The Morgan fingerprint density at radius 2 is 1.32 bits per heavy atom. The molecule has 3 aromatic carbocycles. The summed E-state index contributed by atoms with van der Waals surface area (Å²) in [7, 11) is 1.28. The molecule has 37 heavy (non-hydrogen) atoms. The quantitative estimate of drug-likeness (QED) is 0.364. The summed E-state index contributed by atoms with van der Waals surface area (Å²) in [6.07, 6.45) is -0.0671. The molecule has 0 heterocycles. The highest BCUT2D eigenvalue weighted by atomic mass is 16.5. The first-order valence-electron chi connectivity index (χ1n) is 12.4. The van der Waals surface area contributed by atoms with Crippen molar-refractivity contribution in [3.05, 3.63) is 96.1 Å². The molecule has 2 atom stereocenters. The highest BCUT2D eigenvalue weighted by Crippen LogP contribution is 2.20. The summed E-state index contributed by atoms with van der Waals surface area (Å²) in [6.45, 7) is 3.99. The first kappa shape index (κ1) is 27.5. The number of carbonyl (C=O) groups excluding carboxylic acids is 3. The molecule has 3 aromatic rings. The molecule has 0 unspecified atom stereocenters. The molecule has 0 fully saturated rings. The monoisotopic (exact) mass is 502 g/mol. The molecule has 0 bridgehead atoms. The molecule has 0 saturated carbocycles. The van der Waals surface area contributed by atoms with Crippen LogP contribution in [-0.2, 0) is 32.1 Å². The largest absolute Gasteiger partial charge is 0.467 e. The van der Waals surface area contributed by atoms with Gasteiger partial charge in [-0.1, -0.05) is 98.8 Å². The number of esters is 1. The Hall–Kier alpha value is -4.13. The maximum atomic E-state index is 13.2. The minimum absolute atomic E-state index is 0.0897. The lowest BCUT2D eigenvalue weighted by Crippen LogP contribution is -2.53. The van der Waals surface area contributed by atoms with Crippen molar-refractivity contribution < 1.29 is 23.9 Å². The second kappa shape index (κ2) is 13.8. The number of hydrogen-bond donors (Lipinski definition) is 2. The predicted molar refractivity (Wildman–Crippen MR) is 143 cm³/mol. The summed E-state index contributed by atoms with van der Waals surface area (Å²) in [5.41, 5.74) is 3.85. The van der Waals surface area contributed by atoms with Crippen molar-refractivity contribution in [2.24, 2.45) is 5.92 Å². The normalized spacial score (nSPS) is 12.3. The van der Waals surface area contributed by atoms with Crippen LogP contribution < -0.4 is 10.6 Å². The smallest absolute Gasteiger partial charge is 0.408 e. The third-order valence-corrected chi connectivity index (χ3v) is 5.83. The van der Waals surface area contributed by atoms with E-state index in [9.17, 15) is 14.4 Å². The van der Waals surface area contributed by atoms with Gasteiger partial charge in [-0.15, -0.1) is 0 Å². The second-order valence-corrected chi connectivity index (χ2v) is 9.24. The SMILES string of the molecule is COC(=O)[C@@H](Cc1ccc(-c2ccccc2)cc1)NC(=O)[C@H](CC(C)C)NC(=O)OCc1ccccc1. The lowest BCUT2D eigenvalue weighted by molar-refractivity contribution is -0.145.